The lowest BCUT2D eigenvalue weighted by molar-refractivity contribution is -0.159. The number of ether oxygens (including phenoxy) is 2. The van der Waals surface area contributed by atoms with Crippen molar-refractivity contribution in [2.75, 3.05) is 6.61 Å². The van der Waals surface area contributed by atoms with Gasteiger partial charge in [-0.2, -0.15) is 0 Å². The van der Waals surface area contributed by atoms with Gasteiger partial charge in [-0.3, -0.25) is 4.79 Å². The summed E-state index contributed by atoms with van der Waals surface area (Å²) in [5.41, 5.74) is -0.480. The number of hydrogen-bond acceptors (Lipinski definition) is 4. The van der Waals surface area contributed by atoms with E-state index in [1.165, 1.54) is 6.08 Å². The number of cyclic esters (lactones) is 1. The van der Waals surface area contributed by atoms with Crippen LogP contribution in [0.5, 0.6) is 0 Å². The summed E-state index contributed by atoms with van der Waals surface area (Å²) in [7, 11) is 0. The van der Waals surface area contributed by atoms with E-state index in [0.29, 0.717) is 18.4 Å². The maximum Gasteiger partial charge on any atom is 0.330 e. The van der Waals surface area contributed by atoms with Crippen LogP contribution in [0.4, 0.5) is 0 Å². The highest BCUT2D eigenvalue weighted by Gasteiger charge is 2.67. The summed E-state index contributed by atoms with van der Waals surface area (Å²) in [5, 5.41) is 0. The highest BCUT2D eigenvalue weighted by molar-refractivity contribution is 5.82. The molecule has 17 heavy (non-hydrogen) atoms. The van der Waals surface area contributed by atoms with Crippen LogP contribution >= 0.6 is 0 Å². The Balaban J connectivity index is 1.92. The second-order valence-corrected chi connectivity index (χ2v) is 5.50. The molecule has 5 atom stereocenters. The summed E-state index contributed by atoms with van der Waals surface area (Å²) >= 11 is 0. The zero-order valence-electron chi connectivity index (χ0n) is 9.85. The zero-order valence-corrected chi connectivity index (χ0v) is 9.85. The van der Waals surface area contributed by atoms with E-state index in [0.717, 1.165) is 12.8 Å². The van der Waals surface area contributed by atoms with Crippen molar-refractivity contribution in [2.24, 2.45) is 23.7 Å². The molecular formula is C13H16O4. The Morgan fingerprint density at radius 3 is 3.06 bits per heavy atom. The van der Waals surface area contributed by atoms with Crippen LogP contribution in [0, 0.1) is 23.7 Å². The highest BCUT2D eigenvalue weighted by atomic mass is 16.6. The van der Waals surface area contributed by atoms with Crippen molar-refractivity contribution in [3.05, 3.63) is 12.7 Å². The Labute approximate surface area is 100.0 Å². The normalized spacial score (nSPS) is 46.5. The first-order valence-electron chi connectivity index (χ1n) is 6.09. The van der Waals surface area contributed by atoms with Gasteiger partial charge in [-0.1, -0.05) is 13.5 Å². The summed E-state index contributed by atoms with van der Waals surface area (Å²) in [5.74, 6) is 0.226. The predicted octanol–water partition coefficient (Wildman–Crippen LogP) is 1.30. The van der Waals surface area contributed by atoms with Crippen molar-refractivity contribution in [2.45, 2.75) is 25.4 Å². The molecule has 0 aromatic heterocycles. The first-order chi connectivity index (χ1) is 8.07. The lowest BCUT2D eigenvalue weighted by Gasteiger charge is -2.34. The number of carbonyl (C=O) groups is 2. The maximum absolute atomic E-state index is 11.7. The van der Waals surface area contributed by atoms with E-state index < -0.39 is 11.6 Å². The van der Waals surface area contributed by atoms with Gasteiger partial charge in [-0.15, -0.1) is 0 Å². The standard InChI is InChI=1S/C13H16O4/c1-3-10(14)17-13-4-7(2)8(5-13)11-9(13)6-16-12(11)15/h3,7-9,11H,1,4-6H2,2H3. The van der Waals surface area contributed by atoms with Gasteiger partial charge >= 0.3 is 11.9 Å². The molecular weight excluding hydrogens is 220 g/mol. The SMILES string of the molecule is C=CC(=O)OC12CC(C)C(C1)C1C(=O)OCC12. The molecule has 3 aliphatic rings. The topological polar surface area (TPSA) is 52.6 Å². The molecule has 92 valence electrons. The number of hydrogen-bond donors (Lipinski definition) is 0. The van der Waals surface area contributed by atoms with Crippen molar-refractivity contribution >= 4 is 11.9 Å². The molecule has 0 N–H and O–H groups in total. The van der Waals surface area contributed by atoms with Gasteiger partial charge in [0.25, 0.3) is 0 Å². The summed E-state index contributed by atoms with van der Waals surface area (Å²) in [6.45, 7) is 5.95. The first-order valence-corrected chi connectivity index (χ1v) is 6.09. The van der Waals surface area contributed by atoms with Crippen LogP contribution < -0.4 is 0 Å². The van der Waals surface area contributed by atoms with E-state index in [-0.39, 0.29) is 17.8 Å². The molecule has 0 radical (unpaired) electrons. The van der Waals surface area contributed by atoms with Crippen molar-refractivity contribution in [1.29, 1.82) is 0 Å². The minimum absolute atomic E-state index is 0.0556. The fourth-order valence-corrected chi connectivity index (χ4v) is 4.05. The predicted molar refractivity (Wildman–Crippen MR) is 58.8 cm³/mol. The first kappa shape index (κ1) is 10.8. The van der Waals surface area contributed by atoms with Crippen LogP contribution in [0.15, 0.2) is 12.7 Å². The molecule has 0 aromatic rings. The number of rotatable bonds is 2. The van der Waals surface area contributed by atoms with E-state index in [1.807, 2.05) is 0 Å². The average Bonchev–Trinajstić information content (AvgIpc) is 2.89. The van der Waals surface area contributed by atoms with E-state index in [1.54, 1.807) is 0 Å². The van der Waals surface area contributed by atoms with Gasteiger partial charge in [0.1, 0.15) is 5.60 Å². The van der Waals surface area contributed by atoms with Gasteiger partial charge in [0.15, 0.2) is 0 Å². The Hall–Kier alpha value is -1.32. The zero-order chi connectivity index (χ0) is 12.2. The van der Waals surface area contributed by atoms with Crippen molar-refractivity contribution in [3.8, 4) is 0 Å². The largest absolute Gasteiger partial charge is 0.465 e. The highest BCUT2D eigenvalue weighted by Crippen LogP contribution is 2.61. The minimum atomic E-state index is -0.480. The molecule has 4 nitrogen and oxygen atoms in total. The number of carbonyl (C=O) groups excluding carboxylic acids is 2. The van der Waals surface area contributed by atoms with Crippen molar-refractivity contribution in [1.82, 2.24) is 0 Å². The fourth-order valence-electron chi connectivity index (χ4n) is 4.05. The van der Waals surface area contributed by atoms with E-state index in [9.17, 15) is 9.59 Å². The number of esters is 2. The molecule has 0 spiro atoms. The maximum atomic E-state index is 11.7. The van der Waals surface area contributed by atoms with Gasteiger partial charge in [0, 0.05) is 12.0 Å². The number of fused-ring (bicyclic) bond motifs is 5. The Bertz CT molecular complexity index is 402. The summed E-state index contributed by atoms with van der Waals surface area (Å²) in [4.78, 5) is 23.2. The molecule has 0 aromatic carbocycles. The third-order valence-electron chi connectivity index (χ3n) is 4.70. The Morgan fingerprint density at radius 1 is 1.59 bits per heavy atom. The monoisotopic (exact) mass is 236 g/mol. The van der Waals surface area contributed by atoms with Gasteiger partial charge in [-0.05, 0) is 24.7 Å². The van der Waals surface area contributed by atoms with E-state index in [4.69, 9.17) is 9.47 Å². The molecule has 1 aliphatic heterocycles. The third kappa shape index (κ3) is 1.30. The molecule has 2 aliphatic carbocycles. The van der Waals surface area contributed by atoms with E-state index >= 15 is 0 Å². The quantitative estimate of drug-likeness (QED) is 0.535. The molecule has 3 rings (SSSR count). The van der Waals surface area contributed by atoms with Crippen LogP contribution in [0.1, 0.15) is 19.8 Å². The molecule has 2 saturated carbocycles. The van der Waals surface area contributed by atoms with Gasteiger partial charge < -0.3 is 9.47 Å². The Morgan fingerprint density at radius 2 is 2.35 bits per heavy atom. The van der Waals surface area contributed by atoms with Gasteiger partial charge in [-0.25, -0.2) is 4.79 Å². The van der Waals surface area contributed by atoms with Crippen LogP contribution in [0.3, 0.4) is 0 Å². The summed E-state index contributed by atoms with van der Waals surface area (Å²) in [6.07, 6.45) is 2.84. The van der Waals surface area contributed by atoms with Crippen molar-refractivity contribution in [3.63, 3.8) is 0 Å². The van der Waals surface area contributed by atoms with Crippen molar-refractivity contribution < 1.29 is 19.1 Å². The lowest BCUT2D eigenvalue weighted by atomic mass is 9.74. The molecule has 3 fully saturated rings. The van der Waals surface area contributed by atoms with Gasteiger partial charge in [0.05, 0.1) is 12.5 Å². The van der Waals surface area contributed by atoms with Crippen LogP contribution in [-0.2, 0) is 19.1 Å². The van der Waals surface area contributed by atoms with Crippen LogP contribution in [0.25, 0.3) is 0 Å². The second kappa shape index (κ2) is 3.34. The molecule has 2 bridgehead atoms. The van der Waals surface area contributed by atoms with Crippen LogP contribution in [-0.4, -0.2) is 24.1 Å². The molecule has 4 heteroatoms. The summed E-state index contributed by atoms with van der Waals surface area (Å²) in [6, 6.07) is 0. The van der Waals surface area contributed by atoms with Gasteiger partial charge in [0.2, 0.25) is 0 Å². The Kier molecular flexibility index (Phi) is 2.12. The molecule has 5 unspecified atom stereocenters. The smallest absolute Gasteiger partial charge is 0.330 e. The molecule has 1 heterocycles. The fraction of sp³-hybridized carbons (Fsp3) is 0.692. The van der Waals surface area contributed by atoms with E-state index in [2.05, 4.69) is 13.5 Å². The third-order valence-corrected chi connectivity index (χ3v) is 4.70. The summed E-state index contributed by atoms with van der Waals surface area (Å²) < 4.78 is 10.7. The molecule has 1 saturated heterocycles. The average molecular weight is 236 g/mol. The minimum Gasteiger partial charge on any atom is -0.465 e. The van der Waals surface area contributed by atoms with Crippen LogP contribution in [0.2, 0.25) is 0 Å². The lowest BCUT2D eigenvalue weighted by Crippen LogP contribution is -2.42. The molecule has 0 amide bonds. The second-order valence-electron chi connectivity index (χ2n) is 5.50.